The second-order valence-electron chi connectivity index (χ2n) is 4.83. The number of rotatable bonds is 5. The summed E-state index contributed by atoms with van der Waals surface area (Å²) < 4.78 is 5.45. The van der Waals surface area contributed by atoms with Crippen molar-refractivity contribution in [3.05, 3.63) is 0 Å². The molecule has 0 aromatic carbocycles. The summed E-state index contributed by atoms with van der Waals surface area (Å²) in [6.07, 6.45) is 0.708. The maximum atomic E-state index is 12.1. The molecule has 0 radical (unpaired) electrons. The molecule has 0 aromatic rings. The number of nitrogens with zero attached hydrogens (tertiary/aromatic N) is 1. The van der Waals surface area contributed by atoms with Crippen LogP contribution in [0.15, 0.2) is 0 Å². The van der Waals surface area contributed by atoms with Gasteiger partial charge in [0.1, 0.15) is 0 Å². The lowest BCUT2D eigenvalue weighted by Gasteiger charge is -2.32. The van der Waals surface area contributed by atoms with Gasteiger partial charge in [-0.05, 0) is 27.2 Å². The van der Waals surface area contributed by atoms with Crippen LogP contribution < -0.4 is 5.32 Å². The Balaban J connectivity index is 2.54. The predicted molar refractivity (Wildman–Crippen MR) is 66.5 cm³/mol. The van der Waals surface area contributed by atoms with Crippen LogP contribution in [0.2, 0.25) is 0 Å². The molecule has 2 amide bonds. The second-order valence-corrected chi connectivity index (χ2v) is 4.83. The number of amides is 2. The van der Waals surface area contributed by atoms with Crippen LogP contribution in [-0.4, -0.2) is 53.3 Å². The quantitative estimate of drug-likeness (QED) is 0.773. The summed E-state index contributed by atoms with van der Waals surface area (Å²) in [5, 5.41) is 11.6. The first-order valence-corrected chi connectivity index (χ1v) is 6.29. The molecule has 6 nitrogen and oxygen atoms in total. The Hall–Kier alpha value is -1.30. The zero-order chi connectivity index (χ0) is 13.8. The molecule has 1 aliphatic rings. The number of hydrogen-bond donors (Lipinski definition) is 2. The summed E-state index contributed by atoms with van der Waals surface area (Å²) >= 11 is 0. The van der Waals surface area contributed by atoms with Crippen LogP contribution in [0, 0.1) is 0 Å². The Bertz CT molecular complexity index is 321. The maximum Gasteiger partial charge on any atom is 0.317 e. The Morgan fingerprint density at radius 2 is 2.22 bits per heavy atom. The van der Waals surface area contributed by atoms with Crippen LogP contribution in [0.25, 0.3) is 0 Å². The van der Waals surface area contributed by atoms with Crippen molar-refractivity contribution in [3.8, 4) is 0 Å². The van der Waals surface area contributed by atoms with Gasteiger partial charge in [-0.1, -0.05) is 0 Å². The van der Waals surface area contributed by atoms with Gasteiger partial charge in [0.2, 0.25) is 0 Å². The summed E-state index contributed by atoms with van der Waals surface area (Å²) in [7, 11) is 0. The Labute approximate surface area is 107 Å². The SMILES string of the molecule is CCN(CCC(=O)O)C(=O)NC1(C)CCOC1C. The third kappa shape index (κ3) is 3.60. The van der Waals surface area contributed by atoms with Crippen molar-refractivity contribution in [1.82, 2.24) is 10.2 Å². The number of urea groups is 1. The highest BCUT2D eigenvalue weighted by Crippen LogP contribution is 2.25. The van der Waals surface area contributed by atoms with Gasteiger partial charge in [-0.2, -0.15) is 0 Å². The van der Waals surface area contributed by atoms with E-state index in [2.05, 4.69) is 5.32 Å². The highest BCUT2D eigenvalue weighted by Gasteiger charge is 2.39. The van der Waals surface area contributed by atoms with E-state index in [9.17, 15) is 9.59 Å². The molecule has 2 atom stereocenters. The Kier molecular flexibility index (Phi) is 4.95. The number of ether oxygens (including phenoxy) is 1. The topological polar surface area (TPSA) is 78.9 Å². The smallest absolute Gasteiger partial charge is 0.317 e. The molecule has 0 spiro atoms. The van der Waals surface area contributed by atoms with Crippen LogP contribution in [0.3, 0.4) is 0 Å². The molecule has 2 N–H and O–H groups in total. The molecule has 104 valence electrons. The molecule has 0 bridgehead atoms. The molecule has 1 heterocycles. The van der Waals surface area contributed by atoms with Crippen molar-refractivity contribution < 1.29 is 19.4 Å². The fraction of sp³-hybridized carbons (Fsp3) is 0.833. The number of carbonyl (C=O) groups excluding carboxylic acids is 1. The minimum Gasteiger partial charge on any atom is -0.481 e. The average Bonchev–Trinajstić information content (AvgIpc) is 2.59. The summed E-state index contributed by atoms with van der Waals surface area (Å²) in [5.41, 5.74) is -0.367. The minimum absolute atomic E-state index is 0.0281. The average molecular weight is 258 g/mol. The highest BCUT2D eigenvalue weighted by atomic mass is 16.5. The standard InChI is InChI=1S/C12H22N2O4/c1-4-14(7-5-10(15)16)11(17)13-12(3)6-8-18-9(12)2/h9H,4-8H2,1-3H3,(H,13,17)(H,15,16). The van der Waals surface area contributed by atoms with Crippen molar-refractivity contribution >= 4 is 12.0 Å². The number of carbonyl (C=O) groups is 2. The summed E-state index contributed by atoms with van der Waals surface area (Å²) in [5.74, 6) is -0.898. The van der Waals surface area contributed by atoms with E-state index in [0.717, 1.165) is 6.42 Å². The van der Waals surface area contributed by atoms with E-state index in [4.69, 9.17) is 9.84 Å². The van der Waals surface area contributed by atoms with Crippen molar-refractivity contribution in [2.24, 2.45) is 0 Å². The monoisotopic (exact) mass is 258 g/mol. The second kappa shape index (κ2) is 6.04. The van der Waals surface area contributed by atoms with E-state index in [1.165, 1.54) is 4.90 Å². The predicted octanol–water partition coefficient (Wildman–Crippen LogP) is 1.06. The van der Waals surface area contributed by atoms with E-state index >= 15 is 0 Å². The normalized spacial score (nSPS) is 26.9. The van der Waals surface area contributed by atoms with Gasteiger partial charge in [0.05, 0.1) is 18.1 Å². The lowest BCUT2D eigenvalue weighted by atomic mass is 9.95. The molecule has 6 heteroatoms. The molecule has 1 aliphatic heterocycles. The molecule has 0 saturated carbocycles. The zero-order valence-corrected chi connectivity index (χ0v) is 11.2. The maximum absolute atomic E-state index is 12.1. The number of hydrogen-bond acceptors (Lipinski definition) is 3. The Morgan fingerprint density at radius 1 is 1.56 bits per heavy atom. The minimum atomic E-state index is -0.898. The lowest BCUT2D eigenvalue weighted by molar-refractivity contribution is -0.137. The molecule has 18 heavy (non-hydrogen) atoms. The van der Waals surface area contributed by atoms with Crippen LogP contribution in [0.5, 0.6) is 0 Å². The van der Waals surface area contributed by atoms with Crippen molar-refractivity contribution in [2.45, 2.75) is 45.3 Å². The van der Waals surface area contributed by atoms with E-state index in [0.29, 0.717) is 13.2 Å². The van der Waals surface area contributed by atoms with Gasteiger partial charge in [-0.25, -0.2) is 4.79 Å². The summed E-state index contributed by atoms with van der Waals surface area (Å²) in [6.45, 7) is 7.07. The number of aliphatic carboxylic acids is 1. The first-order valence-electron chi connectivity index (χ1n) is 6.29. The first-order chi connectivity index (χ1) is 8.39. The number of nitrogens with one attached hydrogen (secondary N) is 1. The fourth-order valence-corrected chi connectivity index (χ4v) is 1.96. The van der Waals surface area contributed by atoms with Crippen molar-refractivity contribution in [2.75, 3.05) is 19.7 Å². The third-order valence-electron chi connectivity index (χ3n) is 3.54. The van der Waals surface area contributed by atoms with Crippen LogP contribution in [0.4, 0.5) is 4.79 Å². The van der Waals surface area contributed by atoms with E-state index in [1.807, 2.05) is 20.8 Å². The van der Waals surface area contributed by atoms with Gasteiger partial charge >= 0.3 is 12.0 Å². The third-order valence-corrected chi connectivity index (χ3v) is 3.54. The fourth-order valence-electron chi connectivity index (χ4n) is 1.96. The summed E-state index contributed by atoms with van der Waals surface area (Å²) in [4.78, 5) is 24.1. The first kappa shape index (κ1) is 14.8. The zero-order valence-electron chi connectivity index (χ0n) is 11.2. The molecule has 2 unspecified atom stereocenters. The molecule has 0 aliphatic carbocycles. The molecular weight excluding hydrogens is 236 g/mol. The molecular formula is C12H22N2O4. The largest absolute Gasteiger partial charge is 0.481 e. The van der Waals surface area contributed by atoms with Gasteiger partial charge in [-0.3, -0.25) is 4.79 Å². The molecule has 1 fully saturated rings. The Morgan fingerprint density at radius 3 is 2.67 bits per heavy atom. The molecule has 1 rings (SSSR count). The van der Waals surface area contributed by atoms with Gasteiger partial charge in [0, 0.05) is 19.7 Å². The van der Waals surface area contributed by atoms with Crippen molar-refractivity contribution in [3.63, 3.8) is 0 Å². The van der Waals surface area contributed by atoms with Gasteiger partial charge in [0.25, 0.3) is 0 Å². The van der Waals surface area contributed by atoms with Gasteiger partial charge < -0.3 is 20.1 Å². The number of carboxylic acid groups (broad SMARTS) is 1. The van der Waals surface area contributed by atoms with Crippen molar-refractivity contribution in [1.29, 1.82) is 0 Å². The van der Waals surface area contributed by atoms with Crippen LogP contribution in [0.1, 0.15) is 33.6 Å². The summed E-state index contributed by atoms with van der Waals surface area (Å²) in [6, 6.07) is -0.224. The van der Waals surface area contributed by atoms with E-state index < -0.39 is 5.97 Å². The van der Waals surface area contributed by atoms with E-state index in [-0.39, 0.29) is 30.6 Å². The van der Waals surface area contributed by atoms with Gasteiger partial charge in [0.15, 0.2) is 0 Å². The number of carboxylic acids is 1. The van der Waals surface area contributed by atoms with E-state index in [1.54, 1.807) is 0 Å². The van der Waals surface area contributed by atoms with Crippen LogP contribution in [-0.2, 0) is 9.53 Å². The molecule has 1 saturated heterocycles. The lowest BCUT2D eigenvalue weighted by Crippen LogP contribution is -2.55. The van der Waals surface area contributed by atoms with Crippen LogP contribution >= 0.6 is 0 Å². The highest BCUT2D eigenvalue weighted by molar-refractivity contribution is 5.76. The van der Waals surface area contributed by atoms with Gasteiger partial charge in [-0.15, -0.1) is 0 Å². The molecule has 0 aromatic heterocycles.